The first-order chi connectivity index (χ1) is 7.58. The molecule has 1 nitrogen and oxygen atoms in total. The molecule has 0 fully saturated rings. The maximum Gasteiger partial charge on any atom is 0.176 e. The van der Waals surface area contributed by atoms with Crippen LogP contribution in [0.5, 0.6) is 0 Å². The first-order valence-corrected chi connectivity index (χ1v) is 7.35. The van der Waals surface area contributed by atoms with Gasteiger partial charge in [0.05, 0.1) is 4.83 Å². The van der Waals surface area contributed by atoms with Crippen LogP contribution in [0.3, 0.4) is 0 Å². The number of hydrogen-bond acceptors (Lipinski definition) is 2. The summed E-state index contributed by atoms with van der Waals surface area (Å²) in [5.74, 6) is 0.173. The molecule has 1 aromatic carbocycles. The number of aryl methyl sites for hydroxylation is 1. The number of hydrogen-bond donors (Lipinski definition) is 0. The van der Waals surface area contributed by atoms with Crippen LogP contribution in [0.15, 0.2) is 23.1 Å². The molecule has 0 amide bonds. The summed E-state index contributed by atoms with van der Waals surface area (Å²) in [5, 5.41) is 0.698. The van der Waals surface area contributed by atoms with E-state index in [9.17, 15) is 4.79 Å². The van der Waals surface area contributed by atoms with Gasteiger partial charge in [-0.25, -0.2) is 0 Å². The minimum absolute atomic E-state index is 0.0966. The number of benzene rings is 1. The van der Waals surface area contributed by atoms with Gasteiger partial charge in [-0.3, -0.25) is 4.79 Å². The van der Waals surface area contributed by atoms with Gasteiger partial charge in [0.15, 0.2) is 5.78 Å². The van der Waals surface area contributed by atoms with Crippen LogP contribution in [0.1, 0.15) is 36.2 Å². The van der Waals surface area contributed by atoms with Crippen molar-refractivity contribution in [2.24, 2.45) is 0 Å². The highest BCUT2D eigenvalue weighted by Gasteiger charge is 2.18. The van der Waals surface area contributed by atoms with Crippen molar-refractivity contribution in [2.75, 3.05) is 0 Å². The van der Waals surface area contributed by atoms with Crippen molar-refractivity contribution in [1.29, 1.82) is 0 Å². The molecular formula is C13H15BrOS. The molecule has 3 heteroatoms. The highest BCUT2D eigenvalue weighted by molar-refractivity contribution is 9.10. The fraction of sp³-hybridized carbons (Fsp3) is 0.462. The van der Waals surface area contributed by atoms with Crippen LogP contribution in [0.4, 0.5) is 0 Å². The Bertz CT molecular complexity index is 414. The van der Waals surface area contributed by atoms with Crippen LogP contribution in [-0.4, -0.2) is 15.9 Å². The normalized spacial score (nSPS) is 21.3. The maximum absolute atomic E-state index is 11.8. The topological polar surface area (TPSA) is 17.1 Å². The summed E-state index contributed by atoms with van der Waals surface area (Å²) < 4.78 is 0. The van der Waals surface area contributed by atoms with Gasteiger partial charge >= 0.3 is 0 Å². The number of halogens is 1. The van der Waals surface area contributed by atoms with E-state index in [2.05, 4.69) is 35.0 Å². The highest BCUT2D eigenvalue weighted by Crippen LogP contribution is 2.35. The predicted molar refractivity (Wildman–Crippen MR) is 72.8 cm³/mol. The third kappa shape index (κ3) is 2.51. The zero-order valence-corrected chi connectivity index (χ0v) is 11.9. The molecule has 1 aliphatic heterocycles. The van der Waals surface area contributed by atoms with Gasteiger partial charge in [0.25, 0.3) is 0 Å². The van der Waals surface area contributed by atoms with Gasteiger partial charge in [-0.05, 0) is 37.5 Å². The van der Waals surface area contributed by atoms with Gasteiger partial charge in [-0.1, -0.05) is 28.9 Å². The van der Waals surface area contributed by atoms with Gasteiger partial charge in [0.2, 0.25) is 0 Å². The van der Waals surface area contributed by atoms with Crippen molar-refractivity contribution < 1.29 is 4.79 Å². The standard InChI is InChI=1S/C13H15BrOS/c1-8-3-4-10-7-11(13(15)9(2)14)5-6-12(10)16-8/h5-9H,3-4H2,1-2H3. The van der Waals surface area contributed by atoms with Gasteiger partial charge in [-0.15, -0.1) is 11.8 Å². The Balaban J connectivity index is 2.29. The molecule has 0 saturated heterocycles. The second-order valence-electron chi connectivity index (χ2n) is 4.27. The third-order valence-corrected chi connectivity index (χ3v) is 4.56. The van der Waals surface area contributed by atoms with E-state index in [1.165, 1.54) is 16.9 Å². The lowest BCUT2D eigenvalue weighted by atomic mass is 10.0. The smallest absolute Gasteiger partial charge is 0.176 e. The summed E-state index contributed by atoms with van der Waals surface area (Å²) in [6.45, 7) is 4.13. The first-order valence-electron chi connectivity index (χ1n) is 5.56. The van der Waals surface area contributed by atoms with Crippen molar-refractivity contribution in [3.05, 3.63) is 29.3 Å². The van der Waals surface area contributed by atoms with E-state index in [-0.39, 0.29) is 10.6 Å². The molecule has 0 N–H and O–H groups in total. The number of rotatable bonds is 2. The number of Topliss-reactive ketones (excluding diaryl/α,β-unsaturated/α-hetero) is 1. The number of carbonyl (C=O) groups excluding carboxylic acids is 1. The molecule has 1 aliphatic rings. The lowest BCUT2D eigenvalue weighted by Gasteiger charge is -2.21. The van der Waals surface area contributed by atoms with E-state index in [1.54, 1.807) is 0 Å². The predicted octanol–water partition coefficient (Wildman–Crippen LogP) is 4.08. The largest absolute Gasteiger partial charge is 0.293 e. The van der Waals surface area contributed by atoms with Crippen molar-refractivity contribution in [1.82, 2.24) is 0 Å². The van der Waals surface area contributed by atoms with Crippen LogP contribution in [-0.2, 0) is 6.42 Å². The SMILES string of the molecule is CC1CCc2cc(C(=O)C(C)Br)ccc2S1. The fourth-order valence-corrected chi connectivity index (χ4v) is 3.30. The van der Waals surface area contributed by atoms with Crippen LogP contribution >= 0.6 is 27.7 Å². The molecule has 0 spiro atoms. The summed E-state index contributed by atoms with van der Waals surface area (Å²) in [7, 11) is 0. The van der Waals surface area contributed by atoms with Gasteiger partial charge in [0.1, 0.15) is 0 Å². The van der Waals surface area contributed by atoms with Gasteiger partial charge in [0, 0.05) is 15.7 Å². The molecule has 2 unspecified atom stereocenters. The highest BCUT2D eigenvalue weighted by atomic mass is 79.9. The molecule has 1 heterocycles. The second kappa shape index (κ2) is 4.92. The maximum atomic E-state index is 11.8. The fourth-order valence-electron chi connectivity index (χ4n) is 1.91. The second-order valence-corrected chi connectivity index (χ2v) is 7.12. The molecule has 16 heavy (non-hydrogen) atoms. The van der Waals surface area contributed by atoms with E-state index in [1.807, 2.05) is 24.8 Å². The summed E-state index contributed by atoms with van der Waals surface area (Å²) in [4.78, 5) is 13.1. The Morgan fingerprint density at radius 1 is 1.56 bits per heavy atom. The monoisotopic (exact) mass is 298 g/mol. The van der Waals surface area contributed by atoms with Gasteiger partial charge < -0.3 is 0 Å². The van der Waals surface area contributed by atoms with Crippen LogP contribution in [0.2, 0.25) is 0 Å². The number of fused-ring (bicyclic) bond motifs is 1. The molecule has 0 radical (unpaired) electrons. The van der Waals surface area contributed by atoms with E-state index in [0.29, 0.717) is 5.25 Å². The van der Waals surface area contributed by atoms with E-state index >= 15 is 0 Å². The number of ketones is 1. The Morgan fingerprint density at radius 3 is 3.00 bits per heavy atom. The molecule has 0 saturated carbocycles. The Hall–Kier alpha value is -0.280. The lowest BCUT2D eigenvalue weighted by molar-refractivity contribution is 0.0995. The van der Waals surface area contributed by atoms with Crippen molar-refractivity contribution >= 4 is 33.5 Å². The molecule has 0 bridgehead atoms. The van der Waals surface area contributed by atoms with Crippen LogP contribution in [0, 0.1) is 0 Å². The molecule has 0 aromatic heterocycles. The van der Waals surface area contributed by atoms with Crippen molar-refractivity contribution in [3.8, 4) is 0 Å². The molecule has 2 atom stereocenters. The zero-order valence-electron chi connectivity index (χ0n) is 9.50. The third-order valence-electron chi connectivity index (χ3n) is 2.85. The Labute approximate surface area is 109 Å². The quantitative estimate of drug-likeness (QED) is 0.604. The van der Waals surface area contributed by atoms with E-state index in [4.69, 9.17) is 0 Å². The van der Waals surface area contributed by atoms with Gasteiger partial charge in [-0.2, -0.15) is 0 Å². The summed E-state index contributed by atoms with van der Waals surface area (Å²) in [6, 6.07) is 6.11. The average molecular weight is 299 g/mol. The molecule has 0 aliphatic carbocycles. The average Bonchev–Trinajstić information content (AvgIpc) is 2.27. The summed E-state index contributed by atoms with van der Waals surface area (Å²) in [6.07, 6.45) is 2.31. The van der Waals surface area contributed by atoms with Crippen molar-refractivity contribution in [2.45, 2.75) is 41.7 Å². The molecular weight excluding hydrogens is 284 g/mol. The molecule has 1 aromatic rings. The summed E-state index contributed by atoms with van der Waals surface area (Å²) in [5.41, 5.74) is 2.17. The van der Waals surface area contributed by atoms with Crippen molar-refractivity contribution in [3.63, 3.8) is 0 Å². The summed E-state index contributed by atoms with van der Waals surface area (Å²) >= 11 is 5.24. The number of alkyl halides is 1. The minimum Gasteiger partial charge on any atom is -0.293 e. The first kappa shape index (κ1) is 12.2. The lowest BCUT2D eigenvalue weighted by Crippen LogP contribution is -2.12. The number of carbonyl (C=O) groups is 1. The Kier molecular flexibility index (Phi) is 3.75. The van der Waals surface area contributed by atoms with E-state index in [0.717, 1.165) is 12.0 Å². The number of thioether (sulfide) groups is 1. The Morgan fingerprint density at radius 2 is 2.31 bits per heavy atom. The van der Waals surface area contributed by atoms with E-state index < -0.39 is 0 Å². The van der Waals surface area contributed by atoms with Crippen LogP contribution in [0.25, 0.3) is 0 Å². The molecule has 86 valence electrons. The zero-order chi connectivity index (χ0) is 11.7. The van der Waals surface area contributed by atoms with Crippen LogP contribution < -0.4 is 0 Å². The molecule has 2 rings (SSSR count). The minimum atomic E-state index is -0.0966.